The van der Waals surface area contributed by atoms with E-state index >= 15 is 0 Å². The number of urea groups is 1. The van der Waals surface area contributed by atoms with Crippen molar-refractivity contribution in [2.24, 2.45) is 0 Å². The first-order valence-corrected chi connectivity index (χ1v) is 6.27. The normalized spacial score (nSPS) is 12.0. The van der Waals surface area contributed by atoms with Crippen molar-refractivity contribution in [2.75, 3.05) is 13.1 Å². The average Bonchev–Trinajstić information content (AvgIpc) is 2.31. The molecule has 3 nitrogen and oxygen atoms in total. The zero-order valence-corrected chi connectivity index (χ0v) is 11.3. The van der Waals surface area contributed by atoms with Crippen molar-refractivity contribution >= 4 is 17.6 Å². The van der Waals surface area contributed by atoms with Crippen molar-refractivity contribution < 1.29 is 4.79 Å². The van der Waals surface area contributed by atoms with Gasteiger partial charge < -0.3 is 10.2 Å². The minimum atomic E-state index is -0.0301. The van der Waals surface area contributed by atoms with Crippen LogP contribution in [0, 0.1) is 0 Å². The van der Waals surface area contributed by atoms with Crippen LogP contribution in [0.2, 0.25) is 5.02 Å². The van der Waals surface area contributed by atoms with E-state index in [1.807, 2.05) is 45.0 Å². The summed E-state index contributed by atoms with van der Waals surface area (Å²) in [5.41, 5.74) is 1.05. The first-order valence-electron chi connectivity index (χ1n) is 5.89. The molecule has 0 aliphatic heterocycles. The summed E-state index contributed by atoms with van der Waals surface area (Å²) >= 11 is 5.82. The maximum Gasteiger partial charge on any atom is 0.317 e. The Balaban J connectivity index is 2.62. The molecular formula is C13H19ClN2O. The molecule has 0 spiro atoms. The Morgan fingerprint density at radius 1 is 1.29 bits per heavy atom. The SMILES string of the molecule is CCN(CC)C(=O)NC(C)c1ccc(Cl)cc1. The first-order chi connectivity index (χ1) is 8.08. The zero-order chi connectivity index (χ0) is 12.8. The van der Waals surface area contributed by atoms with Gasteiger partial charge in [-0.1, -0.05) is 23.7 Å². The number of nitrogens with zero attached hydrogens (tertiary/aromatic N) is 1. The van der Waals surface area contributed by atoms with Crippen molar-refractivity contribution in [2.45, 2.75) is 26.8 Å². The average molecular weight is 255 g/mol. The van der Waals surface area contributed by atoms with E-state index in [9.17, 15) is 4.79 Å². The molecule has 0 aromatic heterocycles. The highest BCUT2D eigenvalue weighted by Gasteiger charge is 2.13. The summed E-state index contributed by atoms with van der Waals surface area (Å²) in [4.78, 5) is 13.6. The number of benzene rings is 1. The number of hydrogen-bond donors (Lipinski definition) is 1. The molecule has 1 aromatic carbocycles. The van der Waals surface area contributed by atoms with Gasteiger partial charge in [-0.15, -0.1) is 0 Å². The first kappa shape index (κ1) is 13.8. The topological polar surface area (TPSA) is 32.3 Å². The van der Waals surface area contributed by atoms with Crippen LogP contribution in [0.15, 0.2) is 24.3 Å². The molecule has 0 saturated heterocycles. The number of rotatable bonds is 4. The van der Waals surface area contributed by atoms with Crippen molar-refractivity contribution in [3.8, 4) is 0 Å². The van der Waals surface area contributed by atoms with Gasteiger partial charge in [0.15, 0.2) is 0 Å². The van der Waals surface area contributed by atoms with E-state index in [0.29, 0.717) is 5.02 Å². The van der Waals surface area contributed by atoms with Gasteiger partial charge in [-0.2, -0.15) is 0 Å². The Morgan fingerprint density at radius 2 is 1.82 bits per heavy atom. The molecule has 0 fully saturated rings. The van der Waals surface area contributed by atoms with E-state index in [-0.39, 0.29) is 12.1 Å². The molecule has 0 saturated carbocycles. The third kappa shape index (κ3) is 3.93. The van der Waals surface area contributed by atoms with E-state index in [0.717, 1.165) is 18.7 Å². The number of hydrogen-bond acceptors (Lipinski definition) is 1. The highest BCUT2D eigenvalue weighted by atomic mass is 35.5. The molecule has 1 unspecified atom stereocenters. The zero-order valence-electron chi connectivity index (χ0n) is 10.5. The molecule has 1 N–H and O–H groups in total. The van der Waals surface area contributed by atoms with Crippen LogP contribution in [-0.4, -0.2) is 24.0 Å². The Hall–Kier alpha value is -1.22. The second-order valence-electron chi connectivity index (χ2n) is 3.90. The van der Waals surface area contributed by atoms with Crippen LogP contribution in [0.5, 0.6) is 0 Å². The van der Waals surface area contributed by atoms with Gasteiger partial charge in [-0.05, 0) is 38.5 Å². The van der Waals surface area contributed by atoms with E-state index in [4.69, 9.17) is 11.6 Å². The Morgan fingerprint density at radius 3 is 2.29 bits per heavy atom. The molecule has 0 bridgehead atoms. The van der Waals surface area contributed by atoms with E-state index in [1.54, 1.807) is 4.90 Å². The van der Waals surface area contributed by atoms with E-state index < -0.39 is 0 Å². The molecule has 1 rings (SSSR count). The highest BCUT2D eigenvalue weighted by Crippen LogP contribution is 2.16. The van der Waals surface area contributed by atoms with Crippen molar-refractivity contribution in [1.82, 2.24) is 10.2 Å². The van der Waals surface area contributed by atoms with Crippen LogP contribution in [0.1, 0.15) is 32.4 Å². The smallest absolute Gasteiger partial charge is 0.317 e. The largest absolute Gasteiger partial charge is 0.331 e. The minimum Gasteiger partial charge on any atom is -0.331 e. The molecule has 0 aliphatic rings. The van der Waals surface area contributed by atoms with Crippen LogP contribution in [0.4, 0.5) is 4.79 Å². The number of carbonyl (C=O) groups excluding carboxylic acids is 1. The molecular weight excluding hydrogens is 236 g/mol. The van der Waals surface area contributed by atoms with Gasteiger partial charge in [0.05, 0.1) is 6.04 Å². The van der Waals surface area contributed by atoms with Gasteiger partial charge in [-0.25, -0.2) is 4.79 Å². The molecule has 17 heavy (non-hydrogen) atoms. The maximum atomic E-state index is 11.8. The van der Waals surface area contributed by atoms with Crippen LogP contribution in [-0.2, 0) is 0 Å². The lowest BCUT2D eigenvalue weighted by atomic mass is 10.1. The molecule has 0 radical (unpaired) electrons. The van der Waals surface area contributed by atoms with Gasteiger partial charge in [-0.3, -0.25) is 0 Å². The monoisotopic (exact) mass is 254 g/mol. The molecule has 1 atom stereocenters. The van der Waals surface area contributed by atoms with Gasteiger partial charge in [0.1, 0.15) is 0 Å². The number of amides is 2. The third-order valence-corrected chi connectivity index (χ3v) is 3.01. The van der Waals surface area contributed by atoms with Crippen molar-refractivity contribution in [3.63, 3.8) is 0 Å². The molecule has 94 valence electrons. The lowest BCUT2D eigenvalue weighted by molar-refractivity contribution is 0.200. The Kier molecular flexibility index (Phi) is 5.29. The summed E-state index contributed by atoms with van der Waals surface area (Å²) in [7, 11) is 0. The van der Waals surface area contributed by atoms with E-state index in [1.165, 1.54) is 0 Å². The minimum absolute atomic E-state index is 0.0135. The lowest BCUT2D eigenvalue weighted by Crippen LogP contribution is -2.40. The van der Waals surface area contributed by atoms with Crippen LogP contribution >= 0.6 is 11.6 Å². The van der Waals surface area contributed by atoms with Crippen LogP contribution in [0.3, 0.4) is 0 Å². The highest BCUT2D eigenvalue weighted by molar-refractivity contribution is 6.30. The summed E-state index contributed by atoms with van der Waals surface area (Å²) in [5, 5.41) is 3.67. The maximum absolute atomic E-state index is 11.8. The molecule has 2 amide bonds. The van der Waals surface area contributed by atoms with Crippen molar-refractivity contribution in [1.29, 1.82) is 0 Å². The fourth-order valence-electron chi connectivity index (χ4n) is 1.62. The lowest BCUT2D eigenvalue weighted by Gasteiger charge is -2.22. The van der Waals surface area contributed by atoms with Gasteiger partial charge in [0.25, 0.3) is 0 Å². The predicted molar refractivity (Wildman–Crippen MR) is 71.3 cm³/mol. The molecule has 0 heterocycles. The fraction of sp³-hybridized carbons (Fsp3) is 0.462. The fourth-order valence-corrected chi connectivity index (χ4v) is 1.75. The summed E-state index contributed by atoms with van der Waals surface area (Å²) in [5.74, 6) is 0. The van der Waals surface area contributed by atoms with Crippen LogP contribution < -0.4 is 5.32 Å². The van der Waals surface area contributed by atoms with Gasteiger partial charge >= 0.3 is 6.03 Å². The number of nitrogens with one attached hydrogen (secondary N) is 1. The summed E-state index contributed by atoms with van der Waals surface area (Å²) in [6.07, 6.45) is 0. The standard InChI is InChI=1S/C13H19ClN2O/c1-4-16(5-2)13(17)15-10(3)11-6-8-12(14)9-7-11/h6-10H,4-5H2,1-3H3,(H,15,17). The molecule has 1 aromatic rings. The quantitative estimate of drug-likeness (QED) is 0.877. The summed E-state index contributed by atoms with van der Waals surface area (Å²) in [6, 6.07) is 7.47. The number of carbonyl (C=O) groups is 1. The third-order valence-electron chi connectivity index (χ3n) is 2.76. The summed E-state index contributed by atoms with van der Waals surface area (Å²) in [6.45, 7) is 7.34. The van der Waals surface area contributed by atoms with Gasteiger partial charge in [0.2, 0.25) is 0 Å². The molecule has 4 heteroatoms. The van der Waals surface area contributed by atoms with Crippen LogP contribution in [0.25, 0.3) is 0 Å². The Bertz CT molecular complexity index is 360. The summed E-state index contributed by atoms with van der Waals surface area (Å²) < 4.78 is 0. The van der Waals surface area contributed by atoms with Gasteiger partial charge in [0, 0.05) is 18.1 Å². The Labute approximate surface area is 108 Å². The second-order valence-corrected chi connectivity index (χ2v) is 4.33. The number of halogens is 1. The van der Waals surface area contributed by atoms with E-state index in [2.05, 4.69) is 5.32 Å². The predicted octanol–water partition coefficient (Wildman–Crippen LogP) is 3.45. The molecule has 0 aliphatic carbocycles. The second kappa shape index (κ2) is 6.50. The van der Waals surface area contributed by atoms with Crippen molar-refractivity contribution in [3.05, 3.63) is 34.9 Å².